The van der Waals surface area contributed by atoms with Gasteiger partial charge in [-0.2, -0.15) is 0 Å². The largest absolute Gasteiger partial charge is 0.409 e. The van der Waals surface area contributed by atoms with Crippen molar-refractivity contribution in [1.82, 2.24) is 9.80 Å². The van der Waals surface area contributed by atoms with Crippen LogP contribution in [0.4, 0.5) is 0 Å². The average Bonchev–Trinajstić information content (AvgIpc) is 2.42. The van der Waals surface area contributed by atoms with E-state index in [1.54, 1.807) is 0 Å². The van der Waals surface area contributed by atoms with Crippen LogP contribution in [0.25, 0.3) is 0 Å². The second-order valence-corrected chi connectivity index (χ2v) is 5.05. The van der Waals surface area contributed by atoms with Crippen LogP contribution in [0.2, 0.25) is 0 Å². The molecule has 0 aliphatic rings. The standard InChI is InChI=1S/C14H24N4O/c1-17(2)9-10-18(3)11-13(14(15)16-19)12-7-5-4-6-8-12/h4-8,13,19H,9-11H2,1-3H3,(H2,15,16). The van der Waals surface area contributed by atoms with Crippen molar-refractivity contribution < 1.29 is 5.21 Å². The molecule has 0 aliphatic heterocycles. The SMILES string of the molecule is CN(C)CCN(C)CC(C(N)=NO)c1ccccc1. The van der Waals surface area contributed by atoms with Crippen molar-refractivity contribution in [2.24, 2.45) is 10.9 Å². The lowest BCUT2D eigenvalue weighted by molar-refractivity contribution is 0.275. The van der Waals surface area contributed by atoms with Gasteiger partial charge in [0.05, 0.1) is 5.92 Å². The molecule has 0 fully saturated rings. The van der Waals surface area contributed by atoms with E-state index in [0.29, 0.717) is 0 Å². The molecule has 0 aromatic heterocycles. The van der Waals surface area contributed by atoms with E-state index >= 15 is 0 Å². The maximum absolute atomic E-state index is 8.93. The van der Waals surface area contributed by atoms with Crippen molar-refractivity contribution >= 4 is 5.84 Å². The van der Waals surface area contributed by atoms with Gasteiger partial charge in [0.2, 0.25) is 0 Å². The summed E-state index contributed by atoms with van der Waals surface area (Å²) in [5.74, 6) is 0.168. The first-order valence-electron chi connectivity index (χ1n) is 6.40. The summed E-state index contributed by atoms with van der Waals surface area (Å²) < 4.78 is 0. The van der Waals surface area contributed by atoms with E-state index in [9.17, 15) is 0 Å². The van der Waals surface area contributed by atoms with Gasteiger partial charge in [0.25, 0.3) is 0 Å². The quantitative estimate of drug-likeness (QED) is 0.334. The maximum Gasteiger partial charge on any atom is 0.147 e. The van der Waals surface area contributed by atoms with Gasteiger partial charge in [-0.05, 0) is 26.7 Å². The minimum absolute atomic E-state index is 0.0848. The van der Waals surface area contributed by atoms with E-state index in [1.165, 1.54) is 0 Å². The van der Waals surface area contributed by atoms with Gasteiger partial charge in [-0.25, -0.2) is 0 Å². The number of benzene rings is 1. The number of nitrogens with two attached hydrogens (primary N) is 1. The molecule has 1 rings (SSSR count). The molecule has 1 unspecified atom stereocenters. The summed E-state index contributed by atoms with van der Waals surface area (Å²) in [6.45, 7) is 2.65. The van der Waals surface area contributed by atoms with E-state index in [0.717, 1.165) is 25.2 Å². The smallest absolute Gasteiger partial charge is 0.147 e. The predicted molar refractivity (Wildman–Crippen MR) is 78.6 cm³/mol. The first-order chi connectivity index (χ1) is 9.04. The van der Waals surface area contributed by atoms with E-state index in [-0.39, 0.29) is 11.8 Å². The highest BCUT2D eigenvalue weighted by Crippen LogP contribution is 2.16. The Hall–Kier alpha value is -1.59. The van der Waals surface area contributed by atoms with Crippen LogP contribution >= 0.6 is 0 Å². The molecule has 1 atom stereocenters. The molecule has 0 radical (unpaired) electrons. The number of likely N-dealkylation sites (N-methyl/N-ethyl adjacent to an activating group) is 2. The normalized spacial score (nSPS) is 14.1. The Morgan fingerprint density at radius 1 is 1.21 bits per heavy atom. The van der Waals surface area contributed by atoms with E-state index in [2.05, 4.69) is 15.0 Å². The molecule has 0 spiro atoms. The third-order valence-electron chi connectivity index (χ3n) is 3.10. The summed E-state index contributed by atoms with van der Waals surface area (Å²) in [6.07, 6.45) is 0. The topological polar surface area (TPSA) is 65.1 Å². The van der Waals surface area contributed by atoms with E-state index in [4.69, 9.17) is 10.9 Å². The fourth-order valence-electron chi connectivity index (χ4n) is 1.90. The summed E-state index contributed by atoms with van der Waals surface area (Å²) in [4.78, 5) is 4.33. The molecule has 0 amide bonds. The van der Waals surface area contributed by atoms with Crippen molar-refractivity contribution in [2.45, 2.75) is 5.92 Å². The van der Waals surface area contributed by atoms with Gasteiger partial charge >= 0.3 is 0 Å². The second-order valence-electron chi connectivity index (χ2n) is 5.05. The predicted octanol–water partition coefficient (Wildman–Crippen LogP) is 1.01. The van der Waals surface area contributed by atoms with Gasteiger partial charge in [-0.1, -0.05) is 35.5 Å². The summed E-state index contributed by atoms with van der Waals surface area (Å²) in [5, 5.41) is 12.1. The summed E-state index contributed by atoms with van der Waals surface area (Å²) in [7, 11) is 6.14. The third-order valence-corrected chi connectivity index (χ3v) is 3.10. The molecule has 0 heterocycles. The summed E-state index contributed by atoms with van der Waals surface area (Å²) in [6, 6.07) is 9.90. The monoisotopic (exact) mass is 264 g/mol. The van der Waals surface area contributed by atoms with Gasteiger partial charge < -0.3 is 20.7 Å². The van der Waals surface area contributed by atoms with Crippen LogP contribution in [0.1, 0.15) is 11.5 Å². The number of hydrogen-bond donors (Lipinski definition) is 2. The van der Waals surface area contributed by atoms with Crippen LogP contribution in [0.3, 0.4) is 0 Å². The molecule has 0 bridgehead atoms. The van der Waals surface area contributed by atoms with Crippen molar-refractivity contribution in [2.75, 3.05) is 40.8 Å². The number of rotatable bonds is 7. The maximum atomic E-state index is 8.93. The molecular formula is C14H24N4O. The molecule has 5 nitrogen and oxygen atoms in total. The zero-order valence-corrected chi connectivity index (χ0v) is 12.0. The van der Waals surface area contributed by atoms with Crippen LogP contribution in [0.15, 0.2) is 35.5 Å². The van der Waals surface area contributed by atoms with Gasteiger partial charge in [-0.3, -0.25) is 0 Å². The Morgan fingerprint density at radius 3 is 2.37 bits per heavy atom. The molecule has 19 heavy (non-hydrogen) atoms. The van der Waals surface area contributed by atoms with Crippen LogP contribution in [-0.4, -0.2) is 61.6 Å². The molecule has 0 saturated carbocycles. The molecule has 106 valence electrons. The second kappa shape index (κ2) is 7.76. The van der Waals surface area contributed by atoms with Gasteiger partial charge in [0.1, 0.15) is 5.84 Å². The summed E-state index contributed by atoms with van der Waals surface area (Å²) >= 11 is 0. The fraction of sp³-hybridized carbons (Fsp3) is 0.500. The van der Waals surface area contributed by atoms with Crippen molar-refractivity contribution in [3.8, 4) is 0 Å². The first kappa shape index (κ1) is 15.5. The Balaban J connectivity index is 2.71. The number of oxime groups is 1. The lowest BCUT2D eigenvalue weighted by Gasteiger charge is -2.24. The third kappa shape index (κ3) is 5.28. The minimum atomic E-state index is -0.0848. The van der Waals surface area contributed by atoms with E-state index < -0.39 is 0 Å². The van der Waals surface area contributed by atoms with Crippen molar-refractivity contribution in [1.29, 1.82) is 0 Å². The van der Waals surface area contributed by atoms with Gasteiger partial charge in [0.15, 0.2) is 0 Å². The van der Waals surface area contributed by atoms with Crippen molar-refractivity contribution in [3.05, 3.63) is 35.9 Å². The molecule has 0 aliphatic carbocycles. The van der Waals surface area contributed by atoms with E-state index in [1.807, 2.05) is 51.5 Å². The van der Waals surface area contributed by atoms with Crippen LogP contribution in [0.5, 0.6) is 0 Å². The van der Waals surface area contributed by atoms with Crippen LogP contribution in [0, 0.1) is 0 Å². The highest BCUT2D eigenvalue weighted by molar-refractivity contribution is 5.87. The molecule has 1 aromatic rings. The average molecular weight is 264 g/mol. The Kier molecular flexibility index (Phi) is 6.32. The zero-order valence-electron chi connectivity index (χ0n) is 12.0. The van der Waals surface area contributed by atoms with Gasteiger partial charge in [-0.15, -0.1) is 0 Å². The van der Waals surface area contributed by atoms with Crippen LogP contribution < -0.4 is 5.73 Å². The zero-order chi connectivity index (χ0) is 14.3. The number of amidine groups is 1. The summed E-state index contributed by atoms with van der Waals surface area (Å²) in [5.41, 5.74) is 6.88. The highest BCUT2D eigenvalue weighted by atomic mass is 16.4. The first-order valence-corrected chi connectivity index (χ1v) is 6.40. The lowest BCUT2D eigenvalue weighted by atomic mass is 9.97. The molecule has 3 N–H and O–H groups in total. The fourth-order valence-corrected chi connectivity index (χ4v) is 1.90. The molecular weight excluding hydrogens is 240 g/mol. The molecule has 1 aromatic carbocycles. The van der Waals surface area contributed by atoms with Crippen LogP contribution in [-0.2, 0) is 0 Å². The number of nitrogens with zero attached hydrogens (tertiary/aromatic N) is 3. The Bertz CT molecular complexity index is 392. The lowest BCUT2D eigenvalue weighted by Crippen LogP contribution is -2.36. The van der Waals surface area contributed by atoms with Gasteiger partial charge in [0, 0.05) is 19.6 Å². The van der Waals surface area contributed by atoms with Crippen molar-refractivity contribution in [3.63, 3.8) is 0 Å². The Morgan fingerprint density at radius 2 is 1.84 bits per heavy atom. The minimum Gasteiger partial charge on any atom is -0.409 e. The molecule has 0 saturated heterocycles. The Labute approximate surface area is 115 Å². The number of hydrogen-bond acceptors (Lipinski definition) is 4. The molecule has 5 heteroatoms. The highest BCUT2D eigenvalue weighted by Gasteiger charge is 2.18.